The van der Waals surface area contributed by atoms with E-state index in [9.17, 15) is 0 Å². The minimum absolute atomic E-state index is 0.601. The second-order valence-electron chi connectivity index (χ2n) is 3.96. The summed E-state index contributed by atoms with van der Waals surface area (Å²) in [4.78, 5) is 0. The van der Waals surface area contributed by atoms with Gasteiger partial charge in [0.05, 0.1) is 0 Å². The Hall–Kier alpha value is -1.02. The van der Waals surface area contributed by atoms with Crippen molar-refractivity contribution in [2.75, 3.05) is 18.9 Å². The fraction of sp³-hybridized carbons (Fsp3) is 0.500. The first-order chi connectivity index (χ1) is 6.79. The fourth-order valence-corrected chi connectivity index (χ4v) is 2.07. The van der Waals surface area contributed by atoms with Gasteiger partial charge in [-0.05, 0) is 36.8 Å². The van der Waals surface area contributed by atoms with Gasteiger partial charge in [0.1, 0.15) is 0 Å². The molecular formula is C12H17NO. The normalized spacial score (nSPS) is 18.4. The Balaban J connectivity index is 2.26. The summed E-state index contributed by atoms with van der Waals surface area (Å²) in [6.07, 6.45) is 2.21. The third kappa shape index (κ3) is 1.75. The van der Waals surface area contributed by atoms with E-state index < -0.39 is 0 Å². The van der Waals surface area contributed by atoms with Crippen molar-refractivity contribution in [3.05, 3.63) is 29.3 Å². The number of benzene rings is 1. The molecule has 0 aromatic heterocycles. The van der Waals surface area contributed by atoms with Crippen LogP contribution in [0.5, 0.6) is 0 Å². The summed E-state index contributed by atoms with van der Waals surface area (Å²) in [6, 6.07) is 6.31. The highest BCUT2D eigenvalue weighted by Gasteiger charge is 2.18. The predicted molar refractivity (Wildman–Crippen MR) is 58.4 cm³/mol. The van der Waals surface area contributed by atoms with Gasteiger partial charge < -0.3 is 10.5 Å². The van der Waals surface area contributed by atoms with Gasteiger partial charge in [-0.25, -0.2) is 0 Å². The monoisotopic (exact) mass is 191 g/mol. The van der Waals surface area contributed by atoms with E-state index in [2.05, 4.69) is 25.1 Å². The Morgan fingerprint density at radius 2 is 2.00 bits per heavy atom. The van der Waals surface area contributed by atoms with E-state index in [1.165, 1.54) is 11.1 Å². The van der Waals surface area contributed by atoms with Crippen LogP contribution in [0.3, 0.4) is 0 Å². The highest BCUT2D eigenvalue weighted by molar-refractivity contribution is 5.54. The van der Waals surface area contributed by atoms with E-state index in [0.717, 1.165) is 31.7 Å². The van der Waals surface area contributed by atoms with Crippen LogP contribution in [0, 0.1) is 6.92 Å². The van der Waals surface area contributed by atoms with E-state index in [1.807, 2.05) is 0 Å². The maximum Gasteiger partial charge on any atom is 0.0471 e. The van der Waals surface area contributed by atoms with Crippen LogP contribution in [-0.4, -0.2) is 13.2 Å². The van der Waals surface area contributed by atoms with Gasteiger partial charge in [0.15, 0.2) is 0 Å². The largest absolute Gasteiger partial charge is 0.398 e. The summed E-state index contributed by atoms with van der Waals surface area (Å²) in [6.45, 7) is 3.81. The summed E-state index contributed by atoms with van der Waals surface area (Å²) in [5, 5.41) is 0. The van der Waals surface area contributed by atoms with Gasteiger partial charge in [-0.2, -0.15) is 0 Å². The Morgan fingerprint density at radius 3 is 2.71 bits per heavy atom. The maximum absolute atomic E-state index is 6.07. The Morgan fingerprint density at radius 1 is 1.29 bits per heavy atom. The number of aryl methyl sites for hydroxylation is 1. The van der Waals surface area contributed by atoms with Crippen LogP contribution >= 0.6 is 0 Å². The lowest BCUT2D eigenvalue weighted by molar-refractivity contribution is 0.0854. The minimum atomic E-state index is 0.601. The smallest absolute Gasteiger partial charge is 0.0471 e. The molecule has 1 aromatic carbocycles. The molecule has 0 unspecified atom stereocenters. The van der Waals surface area contributed by atoms with Crippen molar-refractivity contribution in [1.82, 2.24) is 0 Å². The van der Waals surface area contributed by atoms with E-state index in [4.69, 9.17) is 10.5 Å². The van der Waals surface area contributed by atoms with Crippen molar-refractivity contribution in [2.45, 2.75) is 25.7 Å². The lowest BCUT2D eigenvalue weighted by Gasteiger charge is -2.24. The third-order valence-electron chi connectivity index (χ3n) is 3.02. The molecule has 2 N–H and O–H groups in total. The van der Waals surface area contributed by atoms with Crippen LogP contribution in [0.4, 0.5) is 5.69 Å². The molecule has 0 radical (unpaired) electrons. The molecule has 1 heterocycles. The van der Waals surface area contributed by atoms with Crippen molar-refractivity contribution in [3.8, 4) is 0 Å². The van der Waals surface area contributed by atoms with Gasteiger partial charge in [-0.15, -0.1) is 0 Å². The molecule has 76 valence electrons. The fourth-order valence-electron chi connectivity index (χ4n) is 2.07. The number of nitrogen functional groups attached to an aromatic ring is 1. The molecule has 1 aliphatic rings. The maximum atomic E-state index is 6.07. The van der Waals surface area contributed by atoms with Crippen LogP contribution < -0.4 is 5.73 Å². The SMILES string of the molecule is Cc1cccc(C2CCOCC2)c1N. The molecule has 1 aliphatic heterocycles. The lowest BCUT2D eigenvalue weighted by Crippen LogP contribution is -2.15. The Bertz CT molecular complexity index is 316. The molecule has 0 saturated carbocycles. The second-order valence-corrected chi connectivity index (χ2v) is 3.96. The molecule has 1 saturated heterocycles. The van der Waals surface area contributed by atoms with Crippen molar-refractivity contribution in [3.63, 3.8) is 0 Å². The molecule has 1 fully saturated rings. The summed E-state index contributed by atoms with van der Waals surface area (Å²) >= 11 is 0. The highest BCUT2D eigenvalue weighted by atomic mass is 16.5. The first kappa shape index (κ1) is 9.53. The van der Waals surface area contributed by atoms with Crippen LogP contribution in [0.15, 0.2) is 18.2 Å². The Labute approximate surface area is 85.1 Å². The molecule has 0 spiro atoms. The lowest BCUT2D eigenvalue weighted by atomic mass is 9.89. The van der Waals surface area contributed by atoms with E-state index in [-0.39, 0.29) is 0 Å². The van der Waals surface area contributed by atoms with Gasteiger partial charge in [0.2, 0.25) is 0 Å². The molecule has 0 bridgehead atoms. The van der Waals surface area contributed by atoms with Crippen molar-refractivity contribution < 1.29 is 4.74 Å². The van der Waals surface area contributed by atoms with E-state index in [1.54, 1.807) is 0 Å². The quantitative estimate of drug-likeness (QED) is 0.692. The molecular weight excluding hydrogens is 174 g/mol. The third-order valence-corrected chi connectivity index (χ3v) is 3.02. The number of rotatable bonds is 1. The number of hydrogen-bond acceptors (Lipinski definition) is 2. The van der Waals surface area contributed by atoms with Gasteiger partial charge in [-0.1, -0.05) is 18.2 Å². The average molecular weight is 191 g/mol. The average Bonchev–Trinajstić information content (AvgIpc) is 2.23. The zero-order valence-electron chi connectivity index (χ0n) is 8.62. The van der Waals surface area contributed by atoms with Gasteiger partial charge >= 0.3 is 0 Å². The highest BCUT2D eigenvalue weighted by Crippen LogP contribution is 2.32. The van der Waals surface area contributed by atoms with Crippen molar-refractivity contribution in [2.24, 2.45) is 0 Å². The number of nitrogens with two attached hydrogens (primary N) is 1. The molecule has 1 aromatic rings. The topological polar surface area (TPSA) is 35.2 Å². The van der Waals surface area contributed by atoms with Gasteiger partial charge in [-0.3, -0.25) is 0 Å². The summed E-state index contributed by atoms with van der Waals surface area (Å²) in [5.41, 5.74) is 9.55. The standard InChI is InChI=1S/C12H17NO/c1-9-3-2-4-11(12(9)13)10-5-7-14-8-6-10/h2-4,10H,5-8,13H2,1H3. The van der Waals surface area contributed by atoms with Crippen molar-refractivity contribution >= 4 is 5.69 Å². The minimum Gasteiger partial charge on any atom is -0.398 e. The zero-order valence-corrected chi connectivity index (χ0v) is 8.62. The van der Waals surface area contributed by atoms with Crippen LogP contribution in [-0.2, 0) is 4.74 Å². The van der Waals surface area contributed by atoms with Crippen LogP contribution in [0.2, 0.25) is 0 Å². The molecule has 2 nitrogen and oxygen atoms in total. The zero-order chi connectivity index (χ0) is 9.97. The van der Waals surface area contributed by atoms with Crippen LogP contribution in [0.1, 0.15) is 29.9 Å². The molecule has 2 heteroatoms. The number of hydrogen-bond donors (Lipinski definition) is 1. The molecule has 0 atom stereocenters. The Kier molecular flexibility index (Phi) is 2.73. The number of ether oxygens (including phenoxy) is 1. The second kappa shape index (κ2) is 4.01. The van der Waals surface area contributed by atoms with E-state index >= 15 is 0 Å². The van der Waals surface area contributed by atoms with E-state index in [0.29, 0.717) is 5.92 Å². The molecule has 14 heavy (non-hydrogen) atoms. The summed E-state index contributed by atoms with van der Waals surface area (Å²) in [7, 11) is 0. The first-order valence-corrected chi connectivity index (χ1v) is 5.22. The number of para-hydroxylation sites is 1. The molecule has 0 aliphatic carbocycles. The first-order valence-electron chi connectivity index (χ1n) is 5.22. The van der Waals surface area contributed by atoms with Crippen molar-refractivity contribution in [1.29, 1.82) is 0 Å². The summed E-state index contributed by atoms with van der Waals surface area (Å²) in [5.74, 6) is 0.601. The number of anilines is 1. The van der Waals surface area contributed by atoms with Gasteiger partial charge in [0, 0.05) is 18.9 Å². The molecule has 2 rings (SSSR count). The molecule has 0 amide bonds. The predicted octanol–water partition coefficient (Wildman–Crippen LogP) is 2.47. The summed E-state index contributed by atoms with van der Waals surface area (Å²) < 4.78 is 5.35. The van der Waals surface area contributed by atoms with Crippen LogP contribution in [0.25, 0.3) is 0 Å². The van der Waals surface area contributed by atoms with Gasteiger partial charge in [0.25, 0.3) is 0 Å².